The van der Waals surface area contributed by atoms with Crippen molar-refractivity contribution in [2.75, 3.05) is 4.72 Å². The summed E-state index contributed by atoms with van der Waals surface area (Å²) in [5.74, 6) is 1.16. The van der Waals surface area contributed by atoms with Gasteiger partial charge in [0, 0.05) is 34.6 Å². The van der Waals surface area contributed by atoms with E-state index in [2.05, 4.69) is 46.7 Å². The highest BCUT2D eigenvalue weighted by Crippen LogP contribution is 2.35. The van der Waals surface area contributed by atoms with E-state index in [9.17, 15) is 9.90 Å². The molecule has 0 amide bonds. The van der Waals surface area contributed by atoms with Crippen LogP contribution in [0.3, 0.4) is 0 Å². The lowest BCUT2D eigenvalue weighted by Crippen LogP contribution is -2.01. The molecule has 0 aliphatic rings. The predicted molar refractivity (Wildman–Crippen MR) is 195 cm³/mol. The molecule has 0 unspecified atom stereocenters. The van der Waals surface area contributed by atoms with Gasteiger partial charge in [-0.05, 0) is 103 Å². The second kappa shape index (κ2) is 16.2. The van der Waals surface area contributed by atoms with Crippen LogP contribution in [0.15, 0.2) is 137 Å². The van der Waals surface area contributed by atoms with Gasteiger partial charge in [0.05, 0.1) is 16.9 Å². The van der Waals surface area contributed by atoms with Crippen molar-refractivity contribution in [1.29, 1.82) is 0 Å². The van der Waals surface area contributed by atoms with Crippen LogP contribution in [0.2, 0.25) is 0 Å². The number of hydrogen-bond donors (Lipinski definition) is 2. The minimum Gasteiger partial charge on any atom is -0.478 e. The van der Waals surface area contributed by atoms with Gasteiger partial charge in [-0.1, -0.05) is 83.9 Å². The molecule has 6 nitrogen and oxygen atoms in total. The first-order valence-electron chi connectivity index (χ1n) is 14.9. The summed E-state index contributed by atoms with van der Waals surface area (Å²) in [6.45, 7) is 4.94. The van der Waals surface area contributed by atoms with Crippen LogP contribution in [-0.4, -0.2) is 20.6 Å². The van der Waals surface area contributed by atoms with Crippen LogP contribution >= 0.6 is 35.1 Å². The molecule has 0 aliphatic heterocycles. The Morgan fingerprint density at radius 1 is 0.979 bits per heavy atom. The molecule has 0 bridgehead atoms. The van der Waals surface area contributed by atoms with E-state index < -0.39 is 5.97 Å². The number of aromatic nitrogens is 2. The third-order valence-corrected chi connectivity index (χ3v) is 8.51. The van der Waals surface area contributed by atoms with Crippen LogP contribution in [0.25, 0.3) is 16.7 Å². The molecule has 5 aromatic rings. The Bertz CT molecular complexity index is 1920. The fraction of sp³-hybridized carbons (Fsp3) is 0.105. The van der Waals surface area contributed by atoms with E-state index in [-0.39, 0.29) is 5.56 Å². The standard InChI is InChI=1S/C38H33Cl2N3O3S/c1-3-43-25-35(26(2)9-17-31(40)21-22-39)41-37(43)23-27-10-12-28(13-11-27)29-14-18-32(19-15-29)46-36-20-16-30(38(44)45)24-34(36)42-47-33-7-5-4-6-8-33/h4-22,24-25,42H,3,23H2,1-2H3,(H,44,45)/b22-21+,26-9+,31-17+. The van der Waals surface area contributed by atoms with Gasteiger partial charge in [0.25, 0.3) is 0 Å². The molecule has 238 valence electrons. The maximum absolute atomic E-state index is 11.6. The summed E-state index contributed by atoms with van der Waals surface area (Å²) >= 11 is 13.1. The number of imidazole rings is 1. The van der Waals surface area contributed by atoms with E-state index in [1.165, 1.54) is 23.5 Å². The summed E-state index contributed by atoms with van der Waals surface area (Å²) in [6.07, 6.45) is 8.14. The maximum Gasteiger partial charge on any atom is 0.335 e. The highest BCUT2D eigenvalue weighted by atomic mass is 35.5. The molecule has 1 heterocycles. The van der Waals surface area contributed by atoms with Crippen LogP contribution in [0.1, 0.15) is 41.3 Å². The molecule has 0 fully saturated rings. The molecule has 0 spiro atoms. The Morgan fingerprint density at radius 2 is 1.68 bits per heavy atom. The van der Waals surface area contributed by atoms with Crippen LogP contribution < -0.4 is 9.46 Å². The van der Waals surface area contributed by atoms with Gasteiger partial charge in [0.1, 0.15) is 11.6 Å². The predicted octanol–water partition coefficient (Wildman–Crippen LogP) is 11.0. The van der Waals surface area contributed by atoms with Crippen molar-refractivity contribution in [1.82, 2.24) is 9.55 Å². The van der Waals surface area contributed by atoms with E-state index in [4.69, 9.17) is 32.9 Å². The molecule has 5 rings (SSSR count). The molecule has 4 aromatic carbocycles. The molecular weight excluding hydrogens is 649 g/mol. The maximum atomic E-state index is 11.6. The number of ether oxygens (including phenoxy) is 1. The first-order chi connectivity index (χ1) is 22.8. The number of anilines is 1. The largest absolute Gasteiger partial charge is 0.478 e. The van der Waals surface area contributed by atoms with E-state index in [1.807, 2.05) is 67.6 Å². The summed E-state index contributed by atoms with van der Waals surface area (Å²) in [6, 6.07) is 30.9. The van der Waals surface area contributed by atoms with Crippen molar-refractivity contribution in [3.05, 3.63) is 155 Å². The lowest BCUT2D eigenvalue weighted by atomic mass is 10.0. The number of allylic oxidation sites excluding steroid dienone is 5. The highest BCUT2D eigenvalue weighted by Gasteiger charge is 2.12. The van der Waals surface area contributed by atoms with E-state index in [1.54, 1.807) is 24.3 Å². The average molecular weight is 683 g/mol. The molecule has 0 radical (unpaired) electrons. The first-order valence-corrected chi connectivity index (χ1v) is 16.6. The number of nitrogens with one attached hydrogen (secondary N) is 1. The molecule has 47 heavy (non-hydrogen) atoms. The summed E-state index contributed by atoms with van der Waals surface area (Å²) in [4.78, 5) is 17.5. The van der Waals surface area contributed by atoms with Gasteiger partial charge in [0.15, 0.2) is 5.75 Å². The van der Waals surface area contributed by atoms with Crippen LogP contribution in [0.4, 0.5) is 5.69 Å². The Morgan fingerprint density at radius 3 is 2.34 bits per heavy atom. The fourth-order valence-electron chi connectivity index (χ4n) is 4.74. The number of halogens is 2. The monoisotopic (exact) mass is 681 g/mol. The van der Waals surface area contributed by atoms with Gasteiger partial charge < -0.3 is 19.1 Å². The van der Waals surface area contributed by atoms with Crippen molar-refractivity contribution in [3.8, 4) is 22.6 Å². The zero-order valence-corrected chi connectivity index (χ0v) is 28.2. The normalized spacial score (nSPS) is 12.0. The number of benzene rings is 4. The van der Waals surface area contributed by atoms with Crippen LogP contribution in [0, 0.1) is 0 Å². The molecule has 9 heteroatoms. The first kappa shape index (κ1) is 33.7. The molecule has 0 saturated carbocycles. The number of nitrogens with zero attached hydrogens (tertiary/aromatic N) is 2. The molecule has 1 aromatic heterocycles. The molecular formula is C38H33Cl2N3O3S. The average Bonchev–Trinajstić information content (AvgIpc) is 3.50. The number of aromatic carboxylic acids is 1. The molecule has 0 saturated heterocycles. The zero-order chi connectivity index (χ0) is 33.2. The highest BCUT2D eigenvalue weighted by molar-refractivity contribution is 8.00. The summed E-state index contributed by atoms with van der Waals surface area (Å²) < 4.78 is 11.6. The Labute approximate surface area is 289 Å². The van der Waals surface area contributed by atoms with Crippen molar-refractivity contribution in [2.45, 2.75) is 31.7 Å². The van der Waals surface area contributed by atoms with Gasteiger partial charge >= 0.3 is 5.97 Å². The Hall–Kier alpha value is -4.69. The summed E-state index contributed by atoms with van der Waals surface area (Å²) in [5.41, 5.74) is 7.35. The molecule has 0 aliphatic carbocycles. The van der Waals surface area contributed by atoms with Crippen LogP contribution in [0.5, 0.6) is 11.5 Å². The number of carbonyl (C=O) groups is 1. The number of carboxylic acid groups (broad SMARTS) is 1. The molecule has 2 N–H and O–H groups in total. The molecule has 0 atom stereocenters. The quantitative estimate of drug-likeness (QED) is 0.0951. The van der Waals surface area contributed by atoms with Crippen molar-refractivity contribution in [2.24, 2.45) is 0 Å². The van der Waals surface area contributed by atoms with Crippen LogP contribution in [-0.2, 0) is 13.0 Å². The summed E-state index contributed by atoms with van der Waals surface area (Å²) in [5, 5.41) is 10.1. The van der Waals surface area contributed by atoms with Gasteiger partial charge in [-0.15, -0.1) is 0 Å². The van der Waals surface area contributed by atoms with Gasteiger partial charge in [-0.2, -0.15) is 0 Å². The zero-order valence-electron chi connectivity index (χ0n) is 25.9. The van der Waals surface area contributed by atoms with E-state index >= 15 is 0 Å². The topological polar surface area (TPSA) is 76.4 Å². The fourth-order valence-corrected chi connectivity index (χ4v) is 5.75. The van der Waals surface area contributed by atoms with Crippen molar-refractivity contribution in [3.63, 3.8) is 0 Å². The SMILES string of the molecule is CCn1cc(/C(C)=C/C=C(Cl)\C=C\Cl)nc1Cc1ccc(-c2ccc(Oc3ccc(C(=O)O)cc3NSc3ccccc3)cc2)cc1. The lowest BCUT2D eigenvalue weighted by molar-refractivity contribution is 0.0697. The third-order valence-electron chi connectivity index (χ3n) is 7.30. The smallest absolute Gasteiger partial charge is 0.335 e. The Kier molecular flexibility index (Phi) is 11.6. The number of aryl methyl sites for hydroxylation is 1. The minimum atomic E-state index is -1.00. The van der Waals surface area contributed by atoms with E-state index in [0.717, 1.165) is 45.2 Å². The van der Waals surface area contributed by atoms with Gasteiger partial charge in [0.2, 0.25) is 0 Å². The Balaban J connectivity index is 1.26. The minimum absolute atomic E-state index is 0.174. The van der Waals surface area contributed by atoms with E-state index in [0.29, 0.717) is 28.6 Å². The van der Waals surface area contributed by atoms with Crippen molar-refractivity contribution >= 4 is 52.4 Å². The number of carboxylic acids is 1. The third kappa shape index (κ3) is 9.20. The second-order valence-corrected chi connectivity index (χ2v) is 12.1. The lowest BCUT2D eigenvalue weighted by Gasteiger charge is -2.14. The van der Waals surface area contributed by atoms with Gasteiger partial charge in [-0.25, -0.2) is 9.78 Å². The van der Waals surface area contributed by atoms with Crippen molar-refractivity contribution < 1.29 is 14.6 Å². The summed E-state index contributed by atoms with van der Waals surface area (Å²) in [7, 11) is 0. The number of rotatable bonds is 13. The number of hydrogen-bond acceptors (Lipinski definition) is 5. The second-order valence-electron chi connectivity index (χ2n) is 10.6. The van der Waals surface area contributed by atoms with Gasteiger partial charge in [-0.3, -0.25) is 0 Å².